The molecule has 22 heavy (non-hydrogen) atoms. The van der Waals surface area contributed by atoms with Gasteiger partial charge in [-0.2, -0.15) is 0 Å². The lowest BCUT2D eigenvalue weighted by molar-refractivity contribution is -0.187. The van der Waals surface area contributed by atoms with Gasteiger partial charge in [-0.15, -0.1) is 0 Å². The van der Waals surface area contributed by atoms with Crippen molar-refractivity contribution in [3.8, 4) is 0 Å². The summed E-state index contributed by atoms with van der Waals surface area (Å²) in [5.41, 5.74) is -1.47. The first-order valence-electron chi connectivity index (χ1n) is 7.42. The first-order chi connectivity index (χ1) is 10.2. The van der Waals surface area contributed by atoms with E-state index in [4.69, 9.17) is 9.47 Å². The van der Waals surface area contributed by atoms with Gasteiger partial charge in [-0.1, -0.05) is 20.8 Å². The van der Waals surface area contributed by atoms with Crippen molar-refractivity contribution < 1.29 is 14.6 Å². The third-order valence-electron chi connectivity index (χ3n) is 4.67. The number of aromatic nitrogens is 2. The molecule has 3 heterocycles. The molecule has 7 nitrogen and oxygen atoms in total. The zero-order valence-corrected chi connectivity index (χ0v) is 13.3. The molecule has 2 aliphatic heterocycles. The fourth-order valence-electron chi connectivity index (χ4n) is 3.84. The van der Waals surface area contributed by atoms with E-state index in [0.29, 0.717) is 12.2 Å². The van der Waals surface area contributed by atoms with Crippen LogP contribution in [0.2, 0.25) is 0 Å². The third kappa shape index (κ3) is 2.07. The van der Waals surface area contributed by atoms with E-state index in [0.717, 1.165) is 0 Å². The second-order valence-electron chi connectivity index (χ2n) is 7.33. The molecule has 0 aromatic carbocycles. The van der Waals surface area contributed by atoms with E-state index >= 15 is 0 Å². The SMILES string of the molecule is Cc1cn([C@@H]2O[C@@]3(CO)CO[C@H]2C3C(C)(C)C)c(=O)[nH]c1=O. The van der Waals surface area contributed by atoms with E-state index < -0.39 is 23.1 Å². The minimum atomic E-state index is -0.808. The van der Waals surface area contributed by atoms with Gasteiger partial charge in [0.15, 0.2) is 6.23 Å². The maximum absolute atomic E-state index is 12.1. The van der Waals surface area contributed by atoms with Crippen LogP contribution < -0.4 is 11.2 Å². The predicted octanol–water partition coefficient (Wildman–Crippen LogP) is 0.166. The Hall–Kier alpha value is -1.44. The van der Waals surface area contributed by atoms with Gasteiger partial charge >= 0.3 is 5.69 Å². The van der Waals surface area contributed by atoms with Crippen LogP contribution in [0.15, 0.2) is 15.8 Å². The van der Waals surface area contributed by atoms with E-state index in [-0.39, 0.29) is 24.0 Å². The summed E-state index contributed by atoms with van der Waals surface area (Å²) in [6.07, 6.45) is 0.504. The Bertz CT molecular complexity index is 701. The summed E-state index contributed by atoms with van der Waals surface area (Å²) >= 11 is 0. The fourth-order valence-corrected chi connectivity index (χ4v) is 3.84. The molecule has 2 fully saturated rings. The summed E-state index contributed by atoms with van der Waals surface area (Å²) in [4.78, 5) is 25.9. The molecule has 3 rings (SSSR count). The molecule has 0 amide bonds. The molecule has 2 saturated heterocycles. The van der Waals surface area contributed by atoms with Gasteiger partial charge in [0, 0.05) is 17.7 Å². The number of hydrogen-bond donors (Lipinski definition) is 2. The van der Waals surface area contributed by atoms with Crippen LogP contribution in [0.1, 0.15) is 32.6 Å². The van der Waals surface area contributed by atoms with Crippen molar-refractivity contribution >= 4 is 0 Å². The number of nitrogens with one attached hydrogen (secondary N) is 1. The number of aromatic amines is 1. The van der Waals surface area contributed by atoms with Crippen LogP contribution in [0, 0.1) is 18.3 Å². The lowest BCUT2D eigenvalue weighted by Gasteiger charge is -2.35. The average Bonchev–Trinajstić information content (AvgIpc) is 2.96. The molecule has 1 aromatic heterocycles. The van der Waals surface area contributed by atoms with Gasteiger partial charge in [-0.05, 0) is 12.3 Å². The first-order valence-corrected chi connectivity index (χ1v) is 7.42. The molecule has 0 saturated carbocycles. The molecule has 1 unspecified atom stereocenters. The van der Waals surface area contributed by atoms with Crippen molar-refractivity contribution in [2.24, 2.45) is 11.3 Å². The Kier molecular flexibility index (Phi) is 3.36. The van der Waals surface area contributed by atoms with Crippen molar-refractivity contribution in [3.63, 3.8) is 0 Å². The maximum Gasteiger partial charge on any atom is 0.330 e. The Labute approximate surface area is 127 Å². The standard InChI is InChI=1S/C15H22N2O5/c1-8-5-17(13(20)16-11(8)19)12-9-10(14(2,3)4)15(6-18,22-12)7-21-9/h5,9-10,12,18H,6-7H2,1-4H3,(H,16,19,20)/t9-,10?,12+,15-/m0/s1. The molecular weight excluding hydrogens is 288 g/mol. The molecule has 0 spiro atoms. The van der Waals surface area contributed by atoms with Crippen LogP contribution >= 0.6 is 0 Å². The van der Waals surface area contributed by atoms with Gasteiger partial charge in [-0.3, -0.25) is 14.3 Å². The van der Waals surface area contributed by atoms with Crippen molar-refractivity contribution in [3.05, 3.63) is 32.6 Å². The van der Waals surface area contributed by atoms with Gasteiger partial charge in [0.05, 0.1) is 13.2 Å². The number of aliphatic hydroxyl groups is 1. The van der Waals surface area contributed by atoms with Gasteiger partial charge in [0.1, 0.15) is 11.7 Å². The largest absolute Gasteiger partial charge is 0.393 e. The van der Waals surface area contributed by atoms with E-state index in [1.54, 1.807) is 6.92 Å². The Morgan fingerprint density at radius 2 is 2.14 bits per heavy atom. The highest BCUT2D eigenvalue weighted by atomic mass is 16.6. The van der Waals surface area contributed by atoms with Crippen molar-refractivity contribution in [1.82, 2.24) is 9.55 Å². The molecule has 0 radical (unpaired) electrons. The van der Waals surface area contributed by atoms with E-state index in [2.05, 4.69) is 25.8 Å². The smallest absolute Gasteiger partial charge is 0.330 e. The quantitative estimate of drug-likeness (QED) is 0.812. The number of aryl methyl sites for hydroxylation is 1. The lowest BCUT2D eigenvalue weighted by Crippen LogP contribution is -2.46. The van der Waals surface area contributed by atoms with Crippen LogP contribution in [-0.2, 0) is 9.47 Å². The topological polar surface area (TPSA) is 93.6 Å². The van der Waals surface area contributed by atoms with Gasteiger partial charge in [0.25, 0.3) is 5.56 Å². The minimum Gasteiger partial charge on any atom is -0.393 e. The molecule has 2 N–H and O–H groups in total. The number of ether oxygens (including phenoxy) is 2. The normalized spacial score (nSPS) is 34.3. The number of aliphatic hydroxyl groups excluding tert-OH is 1. The van der Waals surface area contributed by atoms with Crippen molar-refractivity contribution in [1.29, 1.82) is 0 Å². The highest BCUT2D eigenvalue weighted by Crippen LogP contribution is 2.55. The molecule has 7 heteroatoms. The molecular formula is C15H22N2O5. The Morgan fingerprint density at radius 3 is 2.68 bits per heavy atom. The number of nitrogens with zero attached hydrogens (tertiary/aromatic N) is 1. The molecule has 2 aliphatic rings. The first kappa shape index (κ1) is 15.5. The molecule has 2 bridgehead atoms. The predicted molar refractivity (Wildman–Crippen MR) is 78.7 cm³/mol. The van der Waals surface area contributed by atoms with Gasteiger partial charge in [0.2, 0.25) is 0 Å². The van der Waals surface area contributed by atoms with E-state index in [1.165, 1.54) is 10.8 Å². The van der Waals surface area contributed by atoms with Crippen LogP contribution in [0.3, 0.4) is 0 Å². The second-order valence-corrected chi connectivity index (χ2v) is 7.33. The van der Waals surface area contributed by atoms with E-state index in [9.17, 15) is 14.7 Å². The number of rotatable bonds is 2. The number of H-pyrrole nitrogens is 1. The molecule has 1 aromatic rings. The summed E-state index contributed by atoms with van der Waals surface area (Å²) in [5.74, 6) is -0.0471. The van der Waals surface area contributed by atoms with Crippen molar-refractivity contribution in [2.75, 3.05) is 13.2 Å². The zero-order valence-electron chi connectivity index (χ0n) is 13.3. The number of fused-ring (bicyclic) bond motifs is 2. The van der Waals surface area contributed by atoms with Gasteiger partial charge < -0.3 is 14.6 Å². The summed E-state index contributed by atoms with van der Waals surface area (Å²) in [6, 6.07) is 0. The maximum atomic E-state index is 12.1. The summed E-state index contributed by atoms with van der Waals surface area (Å²) < 4.78 is 13.3. The van der Waals surface area contributed by atoms with Crippen LogP contribution in [0.25, 0.3) is 0 Å². The summed E-state index contributed by atoms with van der Waals surface area (Å²) in [6.45, 7) is 7.97. The summed E-state index contributed by atoms with van der Waals surface area (Å²) in [5, 5.41) is 9.86. The fraction of sp³-hybridized carbons (Fsp3) is 0.733. The zero-order chi connectivity index (χ0) is 16.3. The summed E-state index contributed by atoms with van der Waals surface area (Å²) in [7, 11) is 0. The van der Waals surface area contributed by atoms with Gasteiger partial charge in [-0.25, -0.2) is 4.79 Å². The average molecular weight is 310 g/mol. The minimum absolute atomic E-state index is 0.0471. The molecule has 4 atom stereocenters. The van der Waals surface area contributed by atoms with Crippen molar-refractivity contribution in [2.45, 2.75) is 45.6 Å². The third-order valence-corrected chi connectivity index (χ3v) is 4.67. The number of hydrogen-bond acceptors (Lipinski definition) is 5. The van der Waals surface area contributed by atoms with E-state index in [1.807, 2.05) is 0 Å². The van der Waals surface area contributed by atoms with Crippen LogP contribution in [0.4, 0.5) is 0 Å². The highest BCUT2D eigenvalue weighted by Gasteiger charge is 2.65. The van der Waals surface area contributed by atoms with Crippen LogP contribution in [0.5, 0.6) is 0 Å². The van der Waals surface area contributed by atoms with Crippen LogP contribution in [-0.4, -0.2) is 39.6 Å². The molecule has 122 valence electrons. The Balaban J connectivity index is 2.08. The lowest BCUT2D eigenvalue weighted by atomic mass is 9.71. The molecule has 0 aliphatic carbocycles. The Morgan fingerprint density at radius 1 is 1.45 bits per heavy atom. The highest BCUT2D eigenvalue weighted by molar-refractivity contribution is 5.11. The monoisotopic (exact) mass is 310 g/mol. The second kappa shape index (κ2) is 4.78.